The Balaban J connectivity index is 1.56. The summed E-state index contributed by atoms with van der Waals surface area (Å²) in [4.78, 5) is 9.43. The van der Waals surface area contributed by atoms with Crippen molar-refractivity contribution in [2.75, 3.05) is 25.0 Å². The molecule has 0 bridgehead atoms. The van der Waals surface area contributed by atoms with Crippen LogP contribution >= 0.6 is 11.3 Å². The number of hydrogen-bond acceptors (Lipinski definition) is 5. The fourth-order valence-electron chi connectivity index (χ4n) is 2.46. The molecular weight excluding hydrogens is 246 g/mol. The normalized spacial score (nSPS) is 22.3. The van der Waals surface area contributed by atoms with Crippen LogP contribution in [0, 0.1) is 0 Å². The summed E-state index contributed by atoms with van der Waals surface area (Å²) in [5.74, 6) is 0. The highest BCUT2D eigenvalue weighted by atomic mass is 32.1. The predicted molar refractivity (Wildman–Crippen MR) is 74.1 cm³/mol. The van der Waals surface area contributed by atoms with E-state index in [1.54, 1.807) is 11.3 Å². The van der Waals surface area contributed by atoms with E-state index in [0.29, 0.717) is 0 Å². The molecule has 1 aromatic rings. The number of rotatable bonds is 4. The Hall–Kier alpha value is -0.650. The van der Waals surface area contributed by atoms with E-state index in [-0.39, 0.29) is 6.10 Å². The number of aromatic nitrogens is 1. The van der Waals surface area contributed by atoms with Gasteiger partial charge in [0.05, 0.1) is 11.8 Å². The third kappa shape index (κ3) is 2.84. The Kier molecular flexibility index (Phi) is 3.54. The highest BCUT2D eigenvalue weighted by molar-refractivity contribution is 7.13. The summed E-state index contributed by atoms with van der Waals surface area (Å²) in [7, 11) is 2.15. The quantitative estimate of drug-likeness (QED) is 0.901. The zero-order chi connectivity index (χ0) is 12.5. The monoisotopic (exact) mass is 267 g/mol. The fourth-order valence-corrected chi connectivity index (χ4v) is 3.31. The Labute approximate surface area is 112 Å². The van der Waals surface area contributed by atoms with Crippen LogP contribution in [0.25, 0.3) is 0 Å². The highest BCUT2D eigenvalue weighted by Gasteiger charge is 2.28. The molecule has 0 radical (unpaired) electrons. The minimum atomic E-state index is -0.0896. The molecule has 5 heteroatoms. The predicted octanol–water partition coefficient (Wildman–Crippen LogP) is 1.70. The SMILES string of the molecule is CN(c1nc(CN2CCC(O)CC2)cs1)C1CC1. The van der Waals surface area contributed by atoms with E-state index in [2.05, 4.69) is 22.2 Å². The molecule has 0 atom stereocenters. The molecular formula is C13H21N3OS. The van der Waals surface area contributed by atoms with E-state index >= 15 is 0 Å². The summed E-state index contributed by atoms with van der Waals surface area (Å²) in [6, 6.07) is 0.731. The maximum atomic E-state index is 9.49. The zero-order valence-electron chi connectivity index (χ0n) is 10.9. The van der Waals surface area contributed by atoms with E-state index in [0.717, 1.165) is 43.6 Å². The van der Waals surface area contributed by atoms with Crippen molar-refractivity contribution >= 4 is 16.5 Å². The van der Waals surface area contributed by atoms with E-state index in [1.165, 1.54) is 18.5 Å². The van der Waals surface area contributed by atoms with Gasteiger partial charge in [-0.05, 0) is 25.7 Å². The second kappa shape index (κ2) is 5.15. The fraction of sp³-hybridized carbons (Fsp3) is 0.769. The minimum Gasteiger partial charge on any atom is -0.393 e. The lowest BCUT2D eigenvalue weighted by Crippen LogP contribution is -2.35. The second-order valence-corrected chi connectivity index (χ2v) is 6.31. The topological polar surface area (TPSA) is 39.6 Å². The van der Waals surface area contributed by atoms with Crippen LogP contribution in [0.15, 0.2) is 5.38 Å². The molecule has 1 aliphatic carbocycles. The van der Waals surface area contributed by atoms with Crippen molar-refractivity contribution in [1.82, 2.24) is 9.88 Å². The first-order chi connectivity index (χ1) is 8.72. The number of likely N-dealkylation sites (tertiary alicyclic amines) is 1. The van der Waals surface area contributed by atoms with Crippen molar-refractivity contribution in [3.05, 3.63) is 11.1 Å². The molecule has 1 saturated carbocycles. The van der Waals surface area contributed by atoms with Crippen LogP contribution in [0.1, 0.15) is 31.4 Å². The smallest absolute Gasteiger partial charge is 0.185 e. The van der Waals surface area contributed by atoms with Crippen LogP contribution in [0.3, 0.4) is 0 Å². The van der Waals surface area contributed by atoms with Gasteiger partial charge in [-0.2, -0.15) is 0 Å². The van der Waals surface area contributed by atoms with Crippen molar-refractivity contribution < 1.29 is 5.11 Å². The van der Waals surface area contributed by atoms with Crippen LogP contribution in [0.5, 0.6) is 0 Å². The molecule has 0 amide bonds. The molecule has 2 fully saturated rings. The lowest BCUT2D eigenvalue weighted by atomic mass is 10.1. The molecule has 3 rings (SSSR count). The zero-order valence-corrected chi connectivity index (χ0v) is 11.7. The summed E-state index contributed by atoms with van der Waals surface area (Å²) in [6.07, 6.45) is 4.34. The molecule has 2 heterocycles. The van der Waals surface area contributed by atoms with Crippen molar-refractivity contribution in [1.29, 1.82) is 0 Å². The van der Waals surface area contributed by atoms with Crippen molar-refractivity contribution in [3.8, 4) is 0 Å². The van der Waals surface area contributed by atoms with Gasteiger partial charge in [-0.3, -0.25) is 4.90 Å². The Morgan fingerprint density at radius 1 is 1.39 bits per heavy atom. The van der Waals surface area contributed by atoms with E-state index in [9.17, 15) is 5.11 Å². The number of thiazole rings is 1. The van der Waals surface area contributed by atoms with Gasteiger partial charge in [0.25, 0.3) is 0 Å². The molecule has 18 heavy (non-hydrogen) atoms. The summed E-state index contributed by atoms with van der Waals surface area (Å²) < 4.78 is 0. The first kappa shape index (κ1) is 12.4. The minimum absolute atomic E-state index is 0.0896. The van der Waals surface area contributed by atoms with Crippen molar-refractivity contribution in [2.45, 2.75) is 44.4 Å². The van der Waals surface area contributed by atoms with E-state index < -0.39 is 0 Å². The number of piperidine rings is 1. The first-order valence-electron chi connectivity index (χ1n) is 6.80. The molecule has 100 valence electrons. The lowest BCUT2D eigenvalue weighted by molar-refractivity contribution is 0.0787. The number of nitrogens with zero attached hydrogens (tertiary/aromatic N) is 3. The Morgan fingerprint density at radius 2 is 2.11 bits per heavy atom. The number of aliphatic hydroxyl groups is 1. The Morgan fingerprint density at radius 3 is 2.78 bits per heavy atom. The van der Waals surface area contributed by atoms with Gasteiger partial charge < -0.3 is 10.0 Å². The standard InChI is InChI=1S/C13H21N3OS/c1-15(11-2-3-11)13-14-10(9-18-13)8-16-6-4-12(17)5-7-16/h9,11-12,17H,2-8H2,1H3. The van der Waals surface area contributed by atoms with Crippen LogP contribution in [0.4, 0.5) is 5.13 Å². The van der Waals surface area contributed by atoms with Gasteiger partial charge >= 0.3 is 0 Å². The summed E-state index contributed by atoms with van der Waals surface area (Å²) in [6.45, 7) is 2.92. The molecule has 1 saturated heterocycles. The molecule has 1 aromatic heterocycles. The summed E-state index contributed by atoms with van der Waals surface area (Å²) >= 11 is 1.75. The van der Waals surface area contributed by atoms with Gasteiger partial charge in [0, 0.05) is 38.1 Å². The summed E-state index contributed by atoms with van der Waals surface area (Å²) in [5.41, 5.74) is 1.18. The van der Waals surface area contributed by atoms with Crippen LogP contribution in [-0.4, -0.2) is 47.3 Å². The molecule has 4 nitrogen and oxygen atoms in total. The van der Waals surface area contributed by atoms with E-state index in [1.807, 2.05) is 0 Å². The van der Waals surface area contributed by atoms with Crippen molar-refractivity contribution in [2.24, 2.45) is 0 Å². The highest BCUT2D eigenvalue weighted by Crippen LogP contribution is 2.32. The Bertz CT molecular complexity index is 397. The number of hydrogen-bond donors (Lipinski definition) is 1. The van der Waals surface area contributed by atoms with Gasteiger partial charge in [0.2, 0.25) is 0 Å². The van der Waals surface area contributed by atoms with Gasteiger partial charge in [-0.1, -0.05) is 0 Å². The molecule has 2 aliphatic rings. The van der Waals surface area contributed by atoms with Gasteiger partial charge in [-0.25, -0.2) is 4.98 Å². The van der Waals surface area contributed by atoms with Gasteiger partial charge in [-0.15, -0.1) is 11.3 Å². The third-order valence-corrected chi connectivity index (χ3v) is 4.86. The van der Waals surface area contributed by atoms with Crippen molar-refractivity contribution in [3.63, 3.8) is 0 Å². The van der Waals surface area contributed by atoms with E-state index in [4.69, 9.17) is 4.98 Å². The molecule has 0 aromatic carbocycles. The first-order valence-corrected chi connectivity index (χ1v) is 7.68. The van der Waals surface area contributed by atoms with Crippen LogP contribution in [0.2, 0.25) is 0 Å². The van der Waals surface area contributed by atoms with Crippen LogP contribution < -0.4 is 4.90 Å². The van der Waals surface area contributed by atoms with Gasteiger partial charge in [0.15, 0.2) is 5.13 Å². The average Bonchev–Trinajstić information content (AvgIpc) is 3.12. The molecule has 0 unspecified atom stereocenters. The average molecular weight is 267 g/mol. The van der Waals surface area contributed by atoms with Crippen LogP contribution in [-0.2, 0) is 6.54 Å². The maximum absolute atomic E-state index is 9.49. The summed E-state index contributed by atoms with van der Waals surface area (Å²) in [5, 5.41) is 12.8. The molecule has 1 aliphatic heterocycles. The van der Waals surface area contributed by atoms with Gasteiger partial charge in [0.1, 0.15) is 0 Å². The molecule has 1 N–H and O–H groups in total. The number of aliphatic hydroxyl groups excluding tert-OH is 1. The largest absolute Gasteiger partial charge is 0.393 e. The maximum Gasteiger partial charge on any atom is 0.185 e. The lowest BCUT2D eigenvalue weighted by Gasteiger charge is -2.28. The molecule has 0 spiro atoms. The number of anilines is 1. The third-order valence-electron chi connectivity index (χ3n) is 3.88. The second-order valence-electron chi connectivity index (χ2n) is 5.47.